The van der Waals surface area contributed by atoms with Crippen LogP contribution in [-0.2, 0) is 30.6 Å². The number of piperidine rings is 1. The Balaban J connectivity index is 1.65. The topological polar surface area (TPSA) is 122 Å². The summed E-state index contributed by atoms with van der Waals surface area (Å²) in [6.07, 6.45) is 0.738. The van der Waals surface area contributed by atoms with Crippen LogP contribution in [0.3, 0.4) is 0 Å². The van der Waals surface area contributed by atoms with Crippen molar-refractivity contribution < 1.29 is 26.4 Å². The fourth-order valence-corrected chi connectivity index (χ4v) is 6.79. The highest BCUT2D eigenvalue weighted by Gasteiger charge is 2.31. The van der Waals surface area contributed by atoms with Gasteiger partial charge in [0.15, 0.2) is 0 Å². The first-order valence-corrected chi connectivity index (χ1v) is 14.5. The summed E-state index contributed by atoms with van der Waals surface area (Å²) < 4.78 is 60.0. The van der Waals surface area contributed by atoms with Gasteiger partial charge in [-0.05, 0) is 57.4 Å². The van der Waals surface area contributed by atoms with Crippen LogP contribution in [0.25, 0.3) is 0 Å². The lowest BCUT2D eigenvalue weighted by molar-refractivity contribution is -0.120. The molecule has 192 valence electrons. The Kier molecular flexibility index (Phi) is 8.58. The fourth-order valence-electron chi connectivity index (χ4n) is 3.95. The molecule has 1 saturated heterocycles. The number of hydrogen-bond donors (Lipinski definition) is 2. The molecule has 0 atom stereocenters. The molecule has 1 aliphatic rings. The predicted octanol–water partition coefficient (Wildman–Crippen LogP) is 2.87. The van der Waals surface area contributed by atoms with Crippen LogP contribution < -0.4 is 14.8 Å². The molecule has 3 rings (SSSR count). The largest absolute Gasteiger partial charge is 0.495 e. The molecule has 0 bridgehead atoms. The SMILES string of the molecule is COc1ccc(S(=O)(=O)NC(C)C)cc1NC(=O)C1CCN(S(=O)(=O)Cc2ccc(C)cc2)CC1. The molecule has 0 saturated carbocycles. The highest BCUT2D eigenvalue weighted by atomic mass is 32.2. The predicted molar refractivity (Wildman–Crippen MR) is 135 cm³/mol. The van der Waals surface area contributed by atoms with Gasteiger partial charge >= 0.3 is 0 Å². The molecule has 35 heavy (non-hydrogen) atoms. The average molecular weight is 524 g/mol. The lowest BCUT2D eigenvalue weighted by Crippen LogP contribution is -2.41. The van der Waals surface area contributed by atoms with Gasteiger partial charge in [0.25, 0.3) is 0 Å². The van der Waals surface area contributed by atoms with E-state index in [0.717, 1.165) is 11.1 Å². The molecule has 0 aromatic heterocycles. The van der Waals surface area contributed by atoms with Crippen molar-refractivity contribution in [2.75, 3.05) is 25.5 Å². The zero-order valence-electron chi connectivity index (χ0n) is 20.4. The molecule has 0 aliphatic carbocycles. The van der Waals surface area contributed by atoms with Crippen molar-refractivity contribution in [1.82, 2.24) is 9.03 Å². The smallest absolute Gasteiger partial charge is 0.240 e. The van der Waals surface area contributed by atoms with E-state index >= 15 is 0 Å². The summed E-state index contributed by atoms with van der Waals surface area (Å²) in [4.78, 5) is 13.0. The minimum absolute atomic E-state index is 0.0133. The zero-order chi connectivity index (χ0) is 25.8. The Bertz CT molecular complexity index is 1250. The van der Waals surface area contributed by atoms with Gasteiger partial charge in [-0.2, -0.15) is 0 Å². The summed E-state index contributed by atoms with van der Waals surface area (Å²) in [5.74, 6) is -0.447. The Hall–Kier alpha value is -2.47. The van der Waals surface area contributed by atoms with E-state index in [0.29, 0.717) is 18.6 Å². The summed E-state index contributed by atoms with van der Waals surface area (Å²) in [6, 6.07) is 11.4. The third kappa shape index (κ3) is 7.03. The van der Waals surface area contributed by atoms with Gasteiger partial charge in [-0.25, -0.2) is 25.9 Å². The molecule has 1 fully saturated rings. The first kappa shape index (κ1) is 27.1. The number of hydrogen-bond acceptors (Lipinski definition) is 6. The summed E-state index contributed by atoms with van der Waals surface area (Å²) >= 11 is 0. The fraction of sp³-hybridized carbons (Fsp3) is 0.458. The normalized spacial score (nSPS) is 15.8. The number of methoxy groups -OCH3 is 1. The summed E-state index contributed by atoms with van der Waals surface area (Å²) in [6.45, 7) is 5.88. The number of ether oxygens (including phenoxy) is 1. The second-order valence-corrected chi connectivity index (χ2v) is 12.7. The maximum absolute atomic E-state index is 13.0. The van der Waals surface area contributed by atoms with Crippen LogP contribution in [0.4, 0.5) is 5.69 Å². The number of sulfonamides is 2. The highest BCUT2D eigenvalue weighted by molar-refractivity contribution is 7.89. The first-order valence-electron chi connectivity index (χ1n) is 11.5. The van der Waals surface area contributed by atoms with E-state index in [1.54, 1.807) is 13.8 Å². The minimum atomic E-state index is -3.75. The Morgan fingerprint density at radius 1 is 1.06 bits per heavy atom. The van der Waals surface area contributed by atoms with E-state index in [-0.39, 0.29) is 41.4 Å². The van der Waals surface area contributed by atoms with Crippen LogP contribution in [0, 0.1) is 12.8 Å². The van der Waals surface area contributed by atoms with Gasteiger partial charge in [-0.3, -0.25) is 4.79 Å². The number of nitrogens with zero attached hydrogens (tertiary/aromatic N) is 1. The van der Waals surface area contributed by atoms with Gasteiger partial charge in [0, 0.05) is 25.0 Å². The zero-order valence-corrected chi connectivity index (χ0v) is 22.1. The maximum Gasteiger partial charge on any atom is 0.240 e. The van der Waals surface area contributed by atoms with Crippen molar-refractivity contribution in [1.29, 1.82) is 0 Å². The van der Waals surface area contributed by atoms with Crippen molar-refractivity contribution in [3.63, 3.8) is 0 Å². The number of aryl methyl sites for hydroxylation is 1. The van der Waals surface area contributed by atoms with E-state index in [1.165, 1.54) is 29.6 Å². The van der Waals surface area contributed by atoms with Crippen LogP contribution in [-0.4, -0.2) is 53.3 Å². The number of carbonyl (C=O) groups is 1. The van der Waals surface area contributed by atoms with Crippen molar-refractivity contribution in [2.45, 2.75) is 50.3 Å². The van der Waals surface area contributed by atoms with Crippen LogP contribution in [0.5, 0.6) is 5.75 Å². The van der Waals surface area contributed by atoms with Gasteiger partial charge in [-0.1, -0.05) is 29.8 Å². The van der Waals surface area contributed by atoms with Crippen LogP contribution in [0.2, 0.25) is 0 Å². The number of amides is 1. The van der Waals surface area contributed by atoms with E-state index in [4.69, 9.17) is 4.74 Å². The molecule has 0 unspecified atom stereocenters. The highest BCUT2D eigenvalue weighted by Crippen LogP contribution is 2.30. The molecule has 1 aliphatic heterocycles. The van der Waals surface area contributed by atoms with E-state index in [2.05, 4.69) is 10.0 Å². The van der Waals surface area contributed by atoms with Crippen molar-refractivity contribution in [2.24, 2.45) is 5.92 Å². The van der Waals surface area contributed by atoms with E-state index in [9.17, 15) is 21.6 Å². The van der Waals surface area contributed by atoms with E-state index in [1.807, 2.05) is 31.2 Å². The first-order chi connectivity index (χ1) is 16.4. The van der Waals surface area contributed by atoms with Crippen molar-refractivity contribution >= 4 is 31.6 Å². The van der Waals surface area contributed by atoms with Gasteiger partial charge in [-0.15, -0.1) is 0 Å². The number of anilines is 1. The molecule has 11 heteroatoms. The van der Waals surface area contributed by atoms with Crippen LogP contribution >= 0.6 is 0 Å². The number of benzene rings is 2. The molecule has 1 amide bonds. The lowest BCUT2D eigenvalue weighted by Gasteiger charge is -2.30. The summed E-state index contributed by atoms with van der Waals surface area (Å²) in [7, 11) is -5.81. The number of rotatable bonds is 9. The Morgan fingerprint density at radius 2 is 1.69 bits per heavy atom. The molecule has 1 heterocycles. The molecule has 2 aromatic carbocycles. The van der Waals surface area contributed by atoms with Gasteiger partial charge in [0.05, 0.1) is 23.4 Å². The van der Waals surface area contributed by atoms with E-state index < -0.39 is 26.0 Å². The quantitative estimate of drug-likeness (QED) is 0.521. The third-order valence-electron chi connectivity index (χ3n) is 5.82. The second-order valence-electron chi connectivity index (χ2n) is 9.04. The molecular formula is C24H33N3O6S2. The summed E-state index contributed by atoms with van der Waals surface area (Å²) in [5, 5.41) is 2.77. The number of carbonyl (C=O) groups excluding carboxylic acids is 1. The van der Waals surface area contributed by atoms with Gasteiger partial charge < -0.3 is 10.1 Å². The minimum Gasteiger partial charge on any atom is -0.495 e. The molecule has 9 nitrogen and oxygen atoms in total. The standard InChI is InChI=1S/C24H33N3O6S2/c1-17(2)26-35(31,32)21-9-10-23(33-4)22(15-21)25-24(28)20-11-13-27(14-12-20)34(29,30)16-19-7-5-18(3)6-8-19/h5-10,15,17,20,26H,11-14,16H2,1-4H3,(H,25,28). The second kappa shape index (κ2) is 11.1. The van der Waals surface area contributed by atoms with Gasteiger partial charge in [0.2, 0.25) is 26.0 Å². The Morgan fingerprint density at radius 3 is 2.26 bits per heavy atom. The maximum atomic E-state index is 13.0. The Labute approximate surface area is 208 Å². The monoisotopic (exact) mass is 523 g/mol. The molecule has 2 N–H and O–H groups in total. The summed E-state index contributed by atoms with van der Waals surface area (Å²) in [5.41, 5.74) is 2.04. The average Bonchev–Trinajstić information content (AvgIpc) is 2.79. The number of nitrogens with one attached hydrogen (secondary N) is 2. The molecule has 0 spiro atoms. The van der Waals surface area contributed by atoms with Gasteiger partial charge in [0.1, 0.15) is 5.75 Å². The third-order valence-corrected chi connectivity index (χ3v) is 9.32. The lowest BCUT2D eigenvalue weighted by atomic mass is 9.97. The van der Waals surface area contributed by atoms with Crippen LogP contribution in [0.15, 0.2) is 47.4 Å². The van der Waals surface area contributed by atoms with Crippen molar-refractivity contribution in [3.05, 3.63) is 53.6 Å². The van der Waals surface area contributed by atoms with Crippen molar-refractivity contribution in [3.8, 4) is 5.75 Å². The molecule has 2 aromatic rings. The molecular weight excluding hydrogens is 490 g/mol. The molecule has 0 radical (unpaired) electrons. The van der Waals surface area contributed by atoms with Crippen LogP contribution in [0.1, 0.15) is 37.8 Å².